The highest BCUT2D eigenvalue weighted by Gasteiger charge is 2.34. The van der Waals surface area contributed by atoms with E-state index in [-0.39, 0.29) is 5.69 Å². The Morgan fingerprint density at radius 3 is 2.45 bits per heavy atom. The Labute approximate surface area is 112 Å². The van der Waals surface area contributed by atoms with E-state index < -0.39 is 23.5 Å². The Morgan fingerprint density at radius 2 is 1.85 bits per heavy atom. The Hall–Kier alpha value is -2.44. The quantitative estimate of drug-likeness (QED) is 0.627. The summed E-state index contributed by atoms with van der Waals surface area (Å²) in [5, 5.41) is 0. The molecule has 0 saturated heterocycles. The topological polar surface area (TPSA) is 52.1 Å². The molecule has 0 saturated carbocycles. The number of ether oxygens (including phenoxy) is 1. The number of hydrogen-bond acceptors (Lipinski definition) is 4. The molecule has 0 fully saturated rings. The van der Waals surface area contributed by atoms with Crippen LogP contribution in [-0.2, 0) is 6.18 Å². The molecule has 0 atom stereocenters. The van der Waals surface area contributed by atoms with Gasteiger partial charge in [-0.1, -0.05) is 12.1 Å². The number of carbonyl (C=O) groups excluding carboxylic acids is 1. The van der Waals surface area contributed by atoms with Crippen LogP contribution < -0.4 is 4.74 Å². The molecule has 0 spiro atoms. The number of halogens is 3. The molecule has 0 amide bonds. The van der Waals surface area contributed by atoms with Gasteiger partial charge in [-0.15, -0.1) is 0 Å². The summed E-state index contributed by atoms with van der Waals surface area (Å²) in [5.41, 5.74) is -0.599. The Morgan fingerprint density at radius 1 is 1.15 bits per heavy atom. The first-order valence-electron chi connectivity index (χ1n) is 5.55. The van der Waals surface area contributed by atoms with Crippen molar-refractivity contribution in [3.8, 4) is 5.75 Å². The average Bonchev–Trinajstić information content (AvgIpc) is 2.38. The van der Waals surface area contributed by atoms with Gasteiger partial charge in [0.25, 0.3) is 0 Å². The molecule has 1 heterocycles. The lowest BCUT2D eigenvalue weighted by molar-refractivity contribution is -0.138. The maximum Gasteiger partial charge on any atom is 0.419 e. The molecule has 0 aliphatic carbocycles. The molecule has 7 heteroatoms. The molecule has 0 bridgehead atoms. The van der Waals surface area contributed by atoms with E-state index in [9.17, 15) is 18.0 Å². The molecule has 1 aromatic carbocycles. The van der Waals surface area contributed by atoms with E-state index in [1.54, 1.807) is 6.92 Å². The van der Waals surface area contributed by atoms with Gasteiger partial charge in [0, 0.05) is 6.20 Å². The summed E-state index contributed by atoms with van der Waals surface area (Å²) in [6.07, 6.45) is -2.13. The van der Waals surface area contributed by atoms with Crippen molar-refractivity contribution in [1.82, 2.24) is 9.97 Å². The van der Waals surface area contributed by atoms with Crippen molar-refractivity contribution in [3.63, 3.8) is 0 Å². The molecular weight excluding hydrogens is 273 g/mol. The molecule has 0 radical (unpaired) electrons. The standard InChI is InChI=1S/C13H9F3N2O2/c1-8-6-18-10(7-17-8)12(19)20-11-5-3-2-4-9(11)13(14,15)16/h2-7H,1H3. The second-order valence-electron chi connectivity index (χ2n) is 3.93. The lowest BCUT2D eigenvalue weighted by Gasteiger charge is -2.12. The van der Waals surface area contributed by atoms with Crippen molar-refractivity contribution >= 4 is 5.97 Å². The molecular formula is C13H9F3N2O2. The van der Waals surface area contributed by atoms with E-state index in [0.717, 1.165) is 18.3 Å². The van der Waals surface area contributed by atoms with E-state index >= 15 is 0 Å². The van der Waals surface area contributed by atoms with Gasteiger partial charge >= 0.3 is 12.1 Å². The number of benzene rings is 1. The molecule has 0 N–H and O–H groups in total. The van der Waals surface area contributed by atoms with Crippen LogP contribution in [0.4, 0.5) is 13.2 Å². The smallest absolute Gasteiger partial charge is 0.419 e. The number of esters is 1. The van der Waals surface area contributed by atoms with Gasteiger partial charge in [0.1, 0.15) is 5.75 Å². The van der Waals surface area contributed by atoms with Crippen LogP contribution in [-0.4, -0.2) is 15.9 Å². The van der Waals surface area contributed by atoms with Crippen molar-refractivity contribution in [3.05, 3.63) is 53.6 Å². The van der Waals surface area contributed by atoms with E-state index in [2.05, 4.69) is 9.97 Å². The molecule has 2 rings (SSSR count). The van der Waals surface area contributed by atoms with Gasteiger partial charge in [0.15, 0.2) is 5.69 Å². The number of aromatic nitrogens is 2. The maximum atomic E-state index is 12.7. The molecule has 2 aromatic rings. The molecule has 4 nitrogen and oxygen atoms in total. The fourth-order valence-corrected chi connectivity index (χ4v) is 1.44. The normalized spacial score (nSPS) is 11.2. The van der Waals surface area contributed by atoms with E-state index in [0.29, 0.717) is 5.69 Å². The highest BCUT2D eigenvalue weighted by molar-refractivity contribution is 5.88. The minimum absolute atomic E-state index is 0.160. The first-order valence-corrected chi connectivity index (χ1v) is 5.55. The van der Waals surface area contributed by atoms with Crippen molar-refractivity contribution in [1.29, 1.82) is 0 Å². The van der Waals surface area contributed by atoms with Gasteiger partial charge in [-0.25, -0.2) is 9.78 Å². The lowest BCUT2D eigenvalue weighted by atomic mass is 10.2. The number of nitrogens with zero attached hydrogens (tertiary/aromatic N) is 2. The first kappa shape index (κ1) is 14.0. The largest absolute Gasteiger partial charge is 0.421 e. The van der Waals surface area contributed by atoms with Crippen LogP contribution in [0, 0.1) is 6.92 Å². The van der Waals surface area contributed by atoms with Crippen molar-refractivity contribution in [2.75, 3.05) is 0 Å². The van der Waals surface area contributed by atoms with Gasteiger partial charge < -0.3 is 4.74 Å². The van der Waals surface area contributed by atoms with E-state index in [4.69, 9.17) is 4.74 Å². The molecule has 1 aromatic heterocycles. The molecule has 0 unspecified atom stereocenters. The molecule has 20 heavy (non-hydrogen) atoms. The predicted molar refractivity (Wildman–Crippen MR) is 63.2 cm³/mol. The summed E-state index contributed by atoms with van der Waals surface area (Å²) >= 11 is 0. The van der Waals surface area contributed by atoms with Crippen LogP contribution in [0.15, 0.2) is 36.7 Å². The minimum Gasteiger partial charge on any atom is -0.421 e. The van der Waals surface area contributed by atoms with Crippen LogP contribution in [0.1, 0.15) is 21.7 Å². The van der Waals surface area contributed by atoms with Gasteiger partial charge in [0.2, 0.25) is 0 Å². The Balaban J connectivity index is 2.26. The summed E-state index contributed by atoms with van der Waals surface area (Å²) in [4.78, 5) is 19.3. The third-order valence-electron chi connectivity index (χ3n) is 2.39. The van der Waals surface area contributed by atoms with Crippen LogP contribution in [0.3, 0.4) is 0 Å². The van der Waals surface area contributed by atoms with Gasteiger partial charge in [-0.3, -0.25) is 4.98 Å². The number of para-hydroxylation sites is 1. The highest BCUT2D eigenvalue weighted by Crippen LogP contribution is 2.36. The zero-order valence-electron chi connectivity index (χ0n) is 10.3. The number of alkyl halides is 3. The Bertz CT molecular complexity index is 624. The van der Waals surface area contributed by atoms with Crippen LogP contribution in [0.25, 0.3) is 0 Å². The van der Waals surface area contributed by atoms with Crippen LogP contribution >= 0.6 is 0 Å². The van der Waals surface area contributed by atoms with Crippen LogP contribution in [0.2, 0.25) is 0 Å². The third-order valence-corrected chi connectivity index (χ3v) is 2.39. The zero-order chi connectivity index (χ0) is 14.8. The second-order valence-corrected chi connectivity index (χ2v) is 3.93. The van der Waals surface area contributed by atoms with Gasteiger partial charge in [-0.05, 0) is 19.1 Å². The van der Waals surface area contributed by atoms with Gasteiger partial charge in [0.05, 0.1) is 17.5 Å². The molecule has 0 aliphatic rings. The van der Waals surface area contributed by atoms with Gasteiger partial charge in [-0.2, -0.15) is 13.2 Å². The molecule has 104 valence electrons. The summed E-state index contributed by atoms with van der Waals surface area (Å²) in [7, 11) is 0. The predicted octanol–water partition coefficient (Wildman–Crippen LogP) is 3.02. The zero-order valence-corrected chi connectivity index (χ0v) is 10.3. The summed E-state index contributed by atoms with van der Waals surface area (Å²) in [6.45, 7) is 1.67. The number of aryl methyl sites for hydroxylation is 1. The van der Waals surface area contributed by atoms with Crippen LogP contribution in [0.5, 0.6) is 5.75 Å². The lowest BCUT2D eigenvalue weighted by Crippen LogP contribution is -2.15. The van der Waals surface area contributed by atoms with Crippen molar-refractivity contribution in [2.45, 2.75) is 13.1 Å². The summed E-state index contributed by atoms with van der Waals surface area (Å²) < 4.78 is 42.9. The van der Waals surface area contributed by atoms with E-state index in [1.165, 1.54) is 18.3 Å². The average molecular weight is 282 g/mol. The summed E-state index contributed by atoms with van der Waals surface area (Å²) in [6, 6.07) is 4.47. The number of carbonyl (C=O) groups is 1. The van der Waals surface area contributed by atoms with Crippen molar-refractivity contribution in [2.24, 2.45) is 0 Å². The minimum atomic E-state index is -4.60. The maximum absolute atomic E-state index is 12.7. The number of hydrogen-bond donors (Lipinski definition) is 0. The summed E-state index contributed by atoms with van der Waals surface area (Å²) in [5.74, 6) is -1.55. The Kier molecular flexibility index (Phi) is 3.69. The number of rotatable bonds is 2. The molecule has 0 aliphatic heterocycles. The fourth-order valence-electron chi connectivity index (χ4n) is 1.44. The third kappa shape index (κ3) is 3.11. The van der Waals surface area contributed by atoms with E-state index in [1.807, 2.05) is 0 Å². The highest BCUT2D eigenvalue weighted by atomic mass is 19.4. The fraction of sp³-hybridized carbons (Fsp3) is 0.154. The second kappa shape index (κ2) is 5.28. The van der Waals surface area contributed by atoms with Crippen molar-refractivity contribution < 1.29 is 22.7 Å². The monoisotopic (exact) mass is 282 g/mol. The SMILES string of the molecule is Cc1cnc(C(=O)Oc2ccccc2C(F)(F)F)cn1. The first-order chi connectivity index (χ1) is 9.38.